The van der Waals surface area contributed by atoms with Gasteiger partial charge in [0.1, 0.15) is 12.4 Å². The van der Waals surface area contributed by atoms with E-state index in [1.54, 1.807) is 26.2 Å². The normalized spacial score (nSPS) is 16.5. The highest BCUT2D eigenvalue weighted by Crippen LogP contribution is 2.19. The maximum absolute atomic E-state index is 13.5. The fourth-order valence-electron chi connectivity index (χ4n) is 3.12. The molecule has 1 atom stereocenters. The summed E-state index contributed by atoms with van der Waals surface area (Å²) >= 11 is 0. The molecular formula is C20H29FIN5O2. The topological polar surface area (TPSA) is 81.8 Å². The van der Waals surface area contributed by atoms with Crippen molar-refractivity contribution in [3.8, 4) is 0 Å². The summed E-state index contributed by atoms with van der Waals surface area (Å²) in [5, 5.41) is 7.47. The average molecular weight is 517 g/mol. The zero-order valence-electron chi connectivity index (χ0n) is 16.8. The molecule has 1 amide bonds. The Hall–Kier alpha value is -1.88. The number of nitrogens with zero attached hydrogens (tertiary/aromatic N) is 2. The highest BCUT2D eigenvalue weighted by atomic mass is 127. The summed E-state index contributed by atoms with van der Waals surface area (Å²) < 4.78 is 18.9. The summed E-state index contributed by atoms with van der Waals surface area (Å²) in [6, 6.07) is 4.74. The minimum atomic E-state index is -0.244. The van der Waals surface area contributed by atoms with Crippen LogP contribution in [0.25, 0.3) is 10.9 Å². The molecule has 160 valence electrons. The third-order valence-corrected chi connectivity index (χ3v) is 4.87. The van der Waals surface area contributed by atoms with Crippen LogP contribution < -0.4 is 10.6 Å². The number of ether oxygens (including phenoxy) is 1. The third-order valence-electron chi connectivity index (χ3n) is 4.87. The third kappa shape index (κ3) is 6.84. The van der Waals surface area contributed by atoms with E-state index in [4.69, 9.17) is 4.74 Å². The SMILES string of the molecule is CN(C)C(=O)CN=C(NCCc1c[nH]c2ccc(F)cc12)NCC1CCOC1.I. The van der Waals surface area contributed by atoms with Crippen molar-refractivity contribution < 1.29 is 13.9 Å². The molecule has 1 saturated heterocycles. The summed E-state index contributed by atoms with van der Waals surface area (Å²) in [5.41, 5.74) is 1.95. The van der Waals surface area contributed by atoms with Crippen LogP contribution >= 0.6 is 24.0 Å². The Kier molecular flexibility index (Phi) is 9.15. The number of H-pyrrole nitrogens is 1. The maximum atomic E-state index is 13.5. The first kappa shape index (κ1) is 23.4. The molecule has 9 heteroatoms. The molecular weight excluding hydrogens is 488 g/mol. The first-order valence-corrected chi connectivity index (χ1v) is 9.58. The van der Waals surface area contributed by atoms with Crippen molar-refractivity contribution in [1.82, 2.24) is 20.5 Å². The molecule has 2 heterocycles. The lowest BCUT2D eigenvalue weighted by Crippen LogP contribution is -2.41. The molecule has 3 rings (SSSR count). The van der Waals surface area contributed by atoms with E-state index < -0.39 is 0 Å². The molecule has 0 radical (unpaired) electrons. The van der Waals surface area contributed by atoms with Gasteiger partial charge in [-0.2, -0.15) is 0 Å². The molecule has 3 N–H and O–H groups in total. The van der Waals surface area contributed by atoms with Crippen LogP contribution in [-0.2, 0) is 16.0 Å². The van der Waals surface area contributed by atoms with Crippen LogP contribution in [0.5, 0.6) is 0 Å². The first-order valence-electron chi connectivity index (χ1n) is 9.58. The van der Waals surface area contributed by atoms with Gasteiger partial charge >= 0.3 is 0 Å². The molecule has 0 aliphatic carbocycles. The number of halogens is 2. The number of carbonyl (C=O) groups is 1. The average Bonchev–Trinajstić information content (AvgIpc) is 3.33. The van der Waals surface area contributed by atoms with Gasteiger partial charge in [0.25, 0.3) is 0 Å². The Labute approximate surface area is 187 Å². The Balaban J connectivity index is 0.00000300. The lowest BCUT2D eigenvalue weighted by Gasteiger charge is -2.15. The van der Waals surface area contributed by atoms with E-state index in [0.29, 0.717) is 24.8 Å². The lowest BCUT2D eigenvalue weighted by molar-refractivity contribution is -0.127. The summed E-state index contributed by atoms with van der Waals surface area (Å²) in [5.74, 6) is 0.755. The van der Waals surface area contributed by atoms with Gasteiger partial charge in [-0.3, -0.25) is 4.79 Å². The number of hydrogen-bond donors (Lipinski definition) is 3. The van der Waals surface area contributed by atoms with Crippen molar-refractivity contribution >= 4 is 46.7 Å². The van der Waals surface area contributed by atoms with Crippen molar-refractivity contribution in [1.29, 1.82) is 0 Å². The minimum Gasteiger partial charge on any atom is -0.381 e. The van der Waals surface area contributed by atoms with Crippen molar-refractivity contribution in [2.75, 3.05) is 46.9 Å². The van der Waals surface area contributed by atoms with Crippen LogP contribution in [0.1, 0.15) is 12.0 Å². The Morgan fingerprint density at radius 2 is 2.21 bits per heavy atom. The van der Waals surface area contributed by atoms with E-state index in [1.807, 2.05) is 6.20 Å². The van der Waals surface area contributed by atoms with E-state index in [-0.39, 0.29) is 42.2 Å². The minimum absolute atomic E-state index is 0. The fraction of sp³-hybridized carbons (Fsp3) is 0.500. The highest BCUT2D eigenvalue weighted by molar-refractivity contribution is 14.0. The largest absolute Gasteiger partial charge is 0.381 e. The number of aromatic amines is 1. The van der Waals surface area contributed by atoms with E-state index >= 15 is 0 Å². The van der Waals surface area contributed by atoms with Gasteiger partial charge in [0.15, 0.2) is 5.96 Å². The molecule has 7 nitrogen and oxygen atoms in total. The van der Waals surface area contributed by atoms with E-state index in [0.717, 1.165) is 42.6 Å². The quantitative estimate of drug-likeness (QED) is 0.299. The van der Waals surface area contributed by atoms with Gasteiger partial charge in [-0.25, -0.2) is 9.38 Å². The van der Waals surface area contributed by atoms with Crippen LogP contribution in [-0.4, -0.2) is 68.7 Å². The summed E-state index contributed by atoms with van der Waals surface area (Å²) in [4.78, 5) is 20.9. The smallest absolute Gasteiger partial charge is 0.243 e. The monoisotopic (exact) mass is 517 g/mol. The number of amides is 1. The van der Waals surface area contributed by atoms with Crippen molar-refractivity contribution in [2.24, 2.45) is 10.9 Å². The number of guanidine groups is 1. The Morgan fingerprint density at radius 3 is 2.93 bits per heavy atom. The molecule has 1 aromatic carbocycles. The highest BCUT2D eigenvalue weighted by Gasteiger charge is 2.16. The van der Waals surface area contributed by atoms with Crippen LogP contribution in [0.15, 0.2) is 29.4 Å². The van der Waals surface area contributed by atoms with Gasteiger partial charge < -0.3 is 25.3 Å². The van der Waals surface area contributed by atoms with Crippen LogP contribution in [0.4, 0.5) is 4.39 Å². The Morgan fingerprint density at radius 1 is 1.38 bits per heavy atom. The number of fused-ring (bicyclic) bond motifs is 1. The molecule has 0 bridgehead atoms. The number of nitrogens with one attached hydrogen (secondary N) is 3. The van der Waals surface area contributed by atoms with Gasteiger partial charge in [-0.15, -0.1) is 24.0 Å². The van der Waals surface area contributed by atoms with Crippen LogP contribution in [0, 0.1) is 11.7 Å². The molecule has 1 aromatic heterocycles. The van der Waals surface area contributed by atoms with Gasteiger partial charge in [0, 0.05) is 56.8 Å². The molecule has 2 aromatic rings. The molecule has 1 aliphatic rings. The molecule has 0 saturated carbocycles. The van der Waals surface area contributed by atoms with Gasteiger partial charge in [0.2, 0.25) is 5.91 Å². The number of hydrogen-bond acceptors (Lipinski definition) is 3. The number of likely N-dealkylation sites (N-methyl/N-ethyl adjacent to an activating group) is 1. The zero-order valence-corrected chi connectivity index (χ0v) is 19.2. The molecule has 1 unspecified atom stereocenters. The summed E-state index contributed by atoms with van der Waals surface area (Å²) in [6.07, 6.45) is 3.64. The predicted molar refractivity (Wildman–Crippen MR) is 123 cm³/mol. The molecule has 1 fully saturated rings. The second-order valence-electron chi connectivity index (χ2n) is 7.24. The Bertz CT molecular complexity index is 833. The van der Waals surface area contributed by atoms with Crippen molar-refractivity contribution in [3.63, 3.8) is 0 Å². The summed E-state index contributed by atoms with van der Waals surface area (Å²) in [7, 11) is 3.43. The van der Waals surface area contributed by atoms with Gasteiger partial charge in [0.05, 0.1) is 6.61 Å². The molecule has 0 spiro atoms. The maximum Gasteiger partial charge on any atom is 0.243 e. The van der Waals surface area contributed by atoms with Crippen molar-refractivity contribution in [3.05, 3.63) is 35.8 Å². The number of rotatable bonds is 7. The second-order valence-corrected chi connectivity index (χ2v) is 7.24. The van der Waals surface area contributed by atoms with Gasteiger partial charge in [-0.05, 0) is 36.6 Å². The van der Waals surface area contributed by atoms with Gasteiger partial charge in [-0.1, -0.05) is 0 Å². The zero-order chi connectivity index (χ0) is 19.9. The number of aliphatic imine (C=N–C) groups is 1. The number of benzene rings is 1. The van der Waals surface area contributed by atoms with Crippen LogP contribution in [0.3, 0.4) is 0 Å². The molecule has 1 aliphatic heterocycles. The number of carbonyl (C=O) groups excluding carboxylic acids is 1. The van der Waals surface area contributed by atoms with Crippen molar-refractivity contribution in [2.45, 2.75) is 12.8 Å². The van der Waals surface area contributed by atoms with Crippen LogP contribution in [0.2, 0.25) is 0 Å². The summed E-state index contributed by atoms with van der Waals surface area (Å²) in [6.45, 7) is 3.00. The molecule has 29 heavy (non-hydrogen) atoms. The standard InChI is InChI=1S/C20H28FN5O2.HI/c1-26(2)19(27)12-25-20(24-10-14-6-8-28-13-14)22-7-5-15-11-23-18-4-3-16(21)9-17(15)18;/h3-4,9,11,14,23H,5-8,10,12-13H2,1-2H3,(H2,22,24,25);1H. The predicted octanol–water partition coefficient (Wildman–Crippen LogP) is 2.13. The second kappa shape index (κ2) is 11.3. The number of aromatic nitrogens is 1. The lowest BCUT2D eigenvalue weighted by atomic mass is 10.1. The first-order chi connectivity index (χ1) is 13.5. The fourth-order valence-corrected chi connectivity index (χ4v) is 3.12. The van der Waals surface area contributed by atoms with E-state index in [9.17, 15) is 9.18 Å². The van der Waals surface area contributed by atoms with E-state index in [2.05, 4.69) is 20.6 Å². The van der Waals surface area contributed by atoms with E-state index in [1.165, 1.54) is 11.0 Å².